The summed E-state index contributed by atoms with van der Waals surface area (Å²) in [5.41, 5.74) is 2.25. The van der Waals surface area contributed by atoms with E-state index in [1.54, 1.807) is 6.07 Å². The molecule has 2 heterocycles. The van der Waals surface area contributed by atoms with Crippen molar-refractivity contribution >= 4 is 38.4 Å². The molecule has 0 bridgehead atoms. The van der Waals surface area contributed by atoms with E-state index in [-0.39, 0.29) is 5.91 Å². The number of aryl methyl sites for hydroxylation is 1. The Kier molecular flexibility index (Phi) is 4.13. The van der Waals surface area contributed by atoms with Crippen molar-refractivity contribution in [1.29, 1.82) is 0 Å². The largest absolute Gasteiger partial charge is 0.490 e. The molecule has 1 aliphatic rings. The van der Waals surface area contributed by atoms with E-state index in [9.17, 15) is 4.79 Å². The lowest BCUT2D eigenvalue weighted by atomic mass is 10.2. The van der Waals surface area contributed by atoms with Gasteiger partial charge in [-0.2, -0.15) is 0 Å². The van der Waals surface area contributed by atoms with Gasteiger partial charge in [0, 0.05) is 36.1 Å². The zero-order chi connectivity index (χ0) is 17.4. The van der Waals surface area contributed by atoms with Crippen LogP contribution >= 0.6 is 15.9 Å². The van der Waals surface area contributed by atoms with Crippen LogP contribution in [0.3, 0.4) is 0 Å². The fourth-order valence-electron chi connectivity index (χ4n) is 3.03. The lowest BCUT2D eigenvalue weighted by Crippen LogP contribution is -2.16. The number of hydrogen-bond donors (Lipinski definition) is 1. The fourth-order valence-corrected chi connectivity index (χ4v) is 3.81. The van der Waals surface area contributed by atoms with Crippen molar-refractivity contribution in [3.05, 3.63) is 52.6 Å². The van der Waals surface area contributed by atoms with Gasteiger partial charge in [-0.3, -0.25) is 4.79 Å². The molecule has 3 aromatic rings. The van der Waals surface area contributed by atoms with Gasteiger partial charge in [0.1, 0.15) is 5.69 Å². The first-order chi connectivity index (χ1) is 12.1. The van der Waals surface area contributed by atoms with Gasteiger partial charge in [-0.25, -0.2) is 0 Å². The first kappa shape index (κ1) is 16.0. The van der Waals surface area contributed by atoms with Gasteiger partial charge in [-0.05, 0) is 34.1 Å². The molecule has 0 saturated carbocycles. The number of carbonyl (C=O) groups is 1. The van der Waals surface area contributed by atoms with Crippen LogP contribution in [0.2, 0.25) is 0 Å². The van der Waals surface area contributed by atoms with E-state index in [1.807, 2.05) is 48.0 Å². The summed E-state index contributed by atoms with van der Waals surface area (Å²) in [4.78, 5) is 12.8. The lowest BCUT2D eigenvalue weighted by Gasteiger charge is -2.11. The summed E-state index contributed by atoms with van der Waals surface area (Å²) in [6.45, 7) is 1.25. The molecule has 0 spiro atoms. The molecule has 1 amide bonds. The number of anilines is 1. The topological polar surface area (TPSA) is 52.5 Å². The second-order valence-corrected chi connectivity index (χ2v) is 6.70. The third-order valence-corrected chi connectivity index (χ3v) is 5.07. The Bertz CT molecular complexity index is 926. The van der Waals surface area contributed by atoms with E-state index >= 15 is 0 Å². The second kappa shape index (κ2) is 6.44. The molecule has 0 atom stereocenters. The molecule has 0 saturated heterocycles. The molecule has 1 aliphatic heterocycles. The predicted octanol–water partition coefficient (Wildman–Crippen LogP) is 4.35. The minimum absolute atomic E-state index is 0.180. The SMILES string of the molecule is Cn1c(C(=O)Nc2ccc3c(c2)OCCCO3)c(Br)c2ccccc21. The number of benzene rings is 2. The van der Waals surface area contributed by atoms with Crippen molar-refractivity contribution in [3.8, 4) is 11.5 Å². The molecule has 2 aromatic carbocycles. The predicted molar refractivity (Wildman–Crippen MR) is 101 cm³/mol. The standard InChI is InChI=1S/C19H17BrN2O3/c1-22-14-6-3-2-5-13(14)17(20)18(22)19(23)21-12-7-8-15-16(11-12)25-10-4-9-24-15/h2-3,5-8,11H,4,9-10H2,1H3,(H,21,23). The maximum atomic E-state index is 12.8. The minimum Gasteiger partial charge on any atom is -0.490 e. The average molecular weight is 401 g/mol. The first-order valence-electron chi connectivity index (χ1n) is 8.09. The second-order valence-electron chi connectivity index (χ2n) is 5.90. The lowest BCUT2D eigenvalue weighted by molar-refractivity contribution is 0.101. The quantitative estimate of drug-likeness (QED) is 0.695. The van der Waals surface area contributed by atoms with Crippen molar-refractivity contribution < 1.29 is 14.3 Å². The molecular weight excluding hydrogens is 384 g/mol. The molecule has 6 heteroatoms. The van der Waals surface area contributed by atoms with Crippen LogP contribution in [0.25, 0.3) is 10.9 Å². The highest BCUT2D eigenvalue weighted by Crippen LogP contribution is 2.34. The third-order valence-electron chi connectivity index (χ3n) is 4.27. The summed E-state index contributed by atoms with van der Waals surface area (Å²) in [5, 5.41) is 3.95. The van der Waals surface area contributed by atoms with Crippen molar-refractivity contribution in [2.45, 2.75) is 6.42 Å². The molecule has 4 rings (SSSR count). The number of aromatic nitrogens is 1. The number of nitrogens with one attached hydrogen (secondary N) is 1. The summed E-state index contributed by atoms with van der Waals surface area (Å²) in [6, 6.07) is 13.3. The van der Waals surface area contributed by atoms with Crippen LogP contribution in [-0.4, -0.2) is 23.7 Å². The first-order valence-corrected chi connectivity index (χ1v) is 8.88. The van der Waals surface area contributed by atoms with Crippen LogP contribution in [0.15, 0.2) is 46.9 Å². The van der Waals surface area contributed by atoms with Gasteiger partial charge < -0.3 is 19.4 Å². The summed E-state index contributed by atoms with van der Waals surface area (Å²) in [7, 11) is 1.88. The Morgan fingerprint density at radius 2 is 1.88 bits per heavy atom. The van der Waals surface area contributed by atoms with Crippen molar-refractivity contribution in [2.75, 3.05) is 18.5 Å². The van der Waals surface area contributed by atoms with Gasteiger partial charge in [0.15, 0.2) is 11.5 Å². The summed E-state index contributed by atoms with van der Waals surface area (Å²) in [5.74, 6) is 1.19. The summed E-state index contributed by atoms with van der Waals surface area (Å²) < 4.78 is 14.0. The van der Waals surface area contributed by atoms with Gasteiger partial charge in [-0.15, -0.1) is 0 Å². The number of nitrogens with zero attached hydrogens (tertiary/aromatic N) is 1. The number of para-hydroxylation sites is 1. The molecule has 0 fully saturated rings. The monoisotopic (exact) mass is 400 g/mol. The summed E-state index contributed by atoms with van der Waals surface area (Å²) in [6.07, 6.45) is 0.846. The van der Waals surface area contributed by atoms with E-state index in [4.69, 9.17) is 9.47 Å². The molecule has 128 valence electrons. The molecule has 0 radical (unpaired) electrons. The Labute approximate surface area is 153 Å². The zero-order valence-electron chi connectivity index (χ0n) is 13.7. The number of hydrogen-bond acceptors (Lipinski definition) is 3. The van der Waals surface area contributed by atoms with Crippen LogP contribution in [-0.2, 0) is 7.05 Å². The molecule has 1 aromatic heterocycles. The Morgan fingerprint density at radius 1 is 1.12 bits per heavy atom. The van der Waals surface area contributed by atoms with Crippen molar-refractivity contribution in [1.82, 2.24) is 4.57 Å². The number of amides is 1. The van der Waals surface area contributed by atoms with E-state index in [0.717, 1.165) is 21.8 Å². The molecular formula is C19H17BrN2O3. The molecule has 1 N–H and O–H groups in total. The highest BCUT2D eigenvalue weighted by atomic mass is 79.9. The zero-order valence-corrected chi connectivity index (χ0v) is 15.3. The number of rotatable bonds is 2. The van der Waals surface area contributed by atoms with E-state index in [2.05, 4.69) is 21.2 Å². The Hall–Kier alpha value is -2.47. The van der Waals surface area contributed by atoms with E-state index in [0.29, 0.717) is 36.1 Å². The van der Waals surface area contributed by atoms with E-state index in [1.165, 1.54) is 0 Å². The van der Waals surface area contributed by atoms with Crippen molar-refractivity contribution in [2.24, 2.45) is 7.05 Å². The average Bonchev–Trinajstić information content (AvgIpc) is 2.77. The third kappa shape index (κ3) is 2.87. The minimum atomic E-state index is -0.180. The fraction of sp³-hybridized carbons (Fsp3) is 0.211. The van der Waals surface area contributed by atoms with Gasteiger partial charge in [0.2, 0.25) is 0 Å². The van der Waals surface area contributed by atoms with E-state index < -0.39 is 0 Å². The van der Waals surface area contributed by atoms with Gasteiger partial charge in [0.05, 0.1) is 17.7 Å². The molecule has 25 heavy (non-hydrogen) atoms. The number of carbonyl (C=O) groups excluding carboxylic acids is 1. The van der Waals surface area contributed by atoms with Crippen LogP contribution in [0.1, 0.15) is 16.9 Å². The van der Waals surface area contributed by atoms with Gasteiger partial charge in [0.25, 0.3) is 5.91 Å². The Morgan fingerprint density at radius 3 is 2.68 bits per heavy atom. The highest BCUT2D eigenvalue weighted by Gasteiger charge is 2.20. The smallest absolute Gasteiger partial charge is 0.273 e. The molecule has 5 nitrogen and oxygen atoms in total. The summed E-state index contributed by atoms with van der Waals surface area (Å²) >= 11 is 3.56. The molecule has 0 aliphatic carbocycles. The van der Waals surface area contributed by atoms with Gasteiger partial charge in [-0.1, -0.05) is 18.2 Å². The number of ether oxygens (including phenoxy) is 2. The molecule has 0 unspecified atom stereocenters. The van der Waals surface area contributed by atoms with Crippen LogP contribution in [0, 0.1) is 0 Å². The van der Waals surface area contributed by atoms with Crippen LogP contribution in [0.5, 0.6) is 11.5 Å². The van der Waals surface area contributed by atoms with Gasteiger partial charge >= 0.3 is 0 Å². The highest BCUT2D eigenvalue weighted by molar-refractivity contribution is 9.10. The van der Waals surface area contributed by atoms with Crippen molar-refractivity contribution in [3.63, 3.8) is 0 Å². The Balaban J connectivity index is 1.66. The normalized spacial score (nSPS) is 13.5. The number of fused-ring (bicyclic) bond motifs is 2. The van der Waals surface area contributed by atoms with Crippen LogP contribution < -0.4 is 14.8 Å². The number of halogens is 1. The maximum absolute atomic E-state index is 12.8. The maximum Gasteiger partial charge on any atom is 0.273 e. The van der Waals surface area contributed by atoms with Crippen LogP contribution in [0.4, 0.5) is 5.69 Å².